The van der Waals surface area contributed by atoms with Crippen molar-refractivity contribution in [2.75, 3.05) is 7.11 Å². The summed E-state index contributed by atoms with van der Waals surface area (Å²) in [5, 5.41) is 11.6. The number of hydrogen-bond donors (Lipinski definition) is 1. The lowest BCUT2D eigenvalue weighted by Crippen LogP contribution is -2.03. The van der Waals surface area contributed by atoms with Gasteiger partial charge in [-0.05, 0) is 56.5 Å². The molecule has 0 fully saturated rings. The number of aliphatic hydroxyl groups excluding tert-OH is 1. The number of hydrogen-bond acceptors (Lipinski definition) is 4. The number of methoxy groups -OCH3 is 1. The molecule has 102 valence electrons. The van der Waals surface area contributed by atoms with Gasteiger partial charge >= 0.3 is 0 Å². The van der Waals surface area contributed by atoms with Crippen molar-refractivity contribution in [1.29, 1.82) is 0 Å². The minimum Gasteiger partial charge on any atom is -0.496 e. The van der Waals surface area contributed by atoms with Crippen LogP contribution in [-0.2, 0) is 0 Å². The summed E-state index contributed by atoms with van der Waals surface area (Å²) in [7, 11) is 1.66. The topological polar surface area (TPSA) is 42.4 Å². The van der Waals surface area contributed by atoms with E-state index in [-0.39, 0.29) is 0 Å². The first-order valence-corrected chi connectivity index (χ1v) is 7.02. The first kappa shape index (κ1) is 14.0. The Kier molecular flexibility index (Phi) is 3.92. The van der Waals surface area contributed by atoms with Crippen LogP contribution in [0.5, 0.6) is 5.75 Å². The van der Waals surface area contributed by atoms with Crippen LogP contribution in [0.1, 0.15) is 38.4 Å². The molecule has 4 heteroatoms. The summed E-state index contributed by atoms with van der Waals surface area (Å²) in [5.74, 6) is 0.852. The largest absolute Gasteiger partial charge is 0.496 e. The quantitative estimate of drug-likeness (QED) is 0.934. The summed E-state index contributed by atoms with van der Waals surface area (Å²) in [5.41, 5.74) is 3.88. The minimum absolute atomic E-state index is 0.615. The molecular weight excluding hydrogens is 258 g/mol. The molecule has 19 heavy (non-hydrogen) atoms. The number of thiazole rings is 1. The standard InChI is InChI=1S/C15H19NO2S/c1-8-7-13(18-5)9(2)6-12(8)14(17)15-10(3)16-11(4)19-15/h6-7,14,17H,1-5H3. The third-order valence-corrected chi connectivity index (χ3v) is 4.39. The highest BCUT2D eigenvalue weighted by Crippen LogP contribution is 2.34. The van der Waals surface area contributed by atoms with E-state index >= 15 is 0 Å². The third-order valence-electron chi connectivity index (χ3n) is 3.27. The Bertz CT molecular complexity index is 604. The maximum Gasteiger partial charge on any atom is 0.122 e. The normalized spacial score (nSPS) is 12.5. The van der Waals surface area contributed by atoms with Crippen LogP contribution in [0, 0.1) is 27.7 Å². The molecule has 0 aliphatic carbocycles. The SMILES string of the molecule is COc1cc(C)c(C(O)c2sc(C)nc2C)cc1C. The van der Waals surface area contributed by atoms with Crippen molar-refractivity contribution in [3.05, 3.63) is 44.4 Å². The molecule has 1 atom stereocenters. The summed E-state index contributed by atoms with van der Waals surface area (Å²) >= 11 is 1.55. The smallest absolute Gasteiger partial charge is 0.122 e. The highest BCUT2D eigenvalue weighted by atomic mass is 32.1. The van der Waals surface area contributed by atoms with E-state index in [1.807, 2.05) is 39.8 Å². The molecule has 3 nitrogen and oxygen atoms in total. The van der Waals surface area contributed by atoms with Crippen molar-refractivity contribution in [3.63, 3.8) is 0 Å². The van der Waals surface area contributed by atoms with Crippen molar-refractivity contribution in [1.82, 2.24) is 4.98 Å². The first-order valence-electron chi connectivity index (χ1n) is 6.21. The Morgan fingerprint density at radius 2 is 1.84 bits per heavy atom. The minimum atomic E-state index is -0.615. The average Bonchev–Trinajstić information content (AvgIpc) is 2.70. The first-order chi connectivity index (χ1) is 8.93. The molecule has 0 radical (unpaired) electrons. The van der Waals surface area contributed by atoms with E-state index in [4.69, 9.17) is 4.74 Å². The van der Waals surface area contributed by atoms with Gasteiger partial charge in [0.05, 0.1) is 22.7 Å². The second-order valence-corrected chi connectivity index (χ2v) is 6.00. The number of aryl methyl sites for hydroxylation is 4. The molecule has 1 unspecified atom stereocenters. The Labute approximate surface area is 117 Å². The molecule has 1 heterocycles. The molecule has 2 aromatic rings. The van der Waals surface area contributed by atoms with Gasteiger partial charge in [0, 0.05) is 0 Å². The van der Waals surface area contributed by atoms with Gasteiger partial charge in [0.2, 0.25) is 0 Å². The van der Waals surface area contributed by atoms with Crippen LogP contribution in [0.4, 0.5) is 0 Å². The van der Waals surface area contributed by atoms with Crippen LogP contribution >= 0.6 is 11.3 Å². The molecule has 0 aliphatic heterocycles. The zero-order valence-corrected chi connectivity index (χ0v) is 12.8. The van der Waals surface area contributed by atoms with Crippen molar-refractivity contribution < 1.29 is 9.84 Å². The molecule has 0 aliphatic rings. The van der Waals surface area contributed by atoms with Crippen molar-refractivity contribution in [2.45, 2.75) is 33.8 Å². The van der Waals surface area contributed by atoms with Crippen LogP contribution in [0.2, 0.25) is 0 Å². The van der Waals surface area contributed by atoms with Crippen molar-refractivity contribution in [2.24, 2.45) is 0 Å². The molecule has 1 N–H and O–H groups in total. The van der Waals surface area contributed by atoms with E-state index < -0.39 is 6.10 Å². The molecule has 1 aromatic carbocycles. The third kappa shape index (κ3) is 2.65. The van der Waals surface area contributed by atoms with Gasteiger partial charge in [0.15, 0.2) is 0 Å². The van der Waals surface area contributed by atoms with Gasteiger partial charge in [-0.2, -0.15) is 0 Å². The fraction of sp³-hybridized carbons (Fsp3) is 0.400. The van der Waals surface area contributed by atoms with Gasteiger partial charge in [-0.25, -0.2) is 4.98 Å². The predicted octanol–water partition coefficient (Wildman–Crippen LogP) is 3.47. The van der Waals surface area contributed by atoms with Crippen LogP contribution < -0.4 is 4.74 Å². The summed E-state index contributed by atoms with van der Waals surface area (Å²) < 4.78 is 5.30. The number of aromatic nitrogens is 1. The molecule has 2 rings (SSSR count). The van der Waals surface area contributed by atoms with Crippen LogP contribution in [0.25, 0.3) is 0 Å². The highest BCUT2D eigenvalue weighted by molar-refractivity contribution is 7.11. The molecule has 0 spiro atoms. The maximum atomic E-state index is 10.6. The zero-order valence-electron chi connectivity index (χ0n) is 11.9. The molecule has 0 saturated carbocycles. The lowest BCUT2D eigenvalue weighted by molar-refractivity contribution is 0.222. The fourth-order valence-corrected chi connectivity index (χ4v) is 3.20. The van der Waals surface area contributed by atoms with Gasteiger partial charge in [0.1, 0.15) is 11.9 Å². The highest BCUT2D eigenvalue weighted by Gasteiger charge is 2.19. The van der Waals surface area contributed by atoms with Crippen LogP contribution in [0.15, 0.2) is 12.1 Å². The summed E-state index contributed by atoms with van der Waals surface area (Å²) in [6.45, 7) is 7.87. The molecule has 0 saturated heterocycles. The number of aliphatic hydroxyl groups is 1. The molecule has 0 bridgehead atoms. The monoisotopic (exact) mass is 277 g/mol. The van der Waals surface area contributed by atoms with Gasteiger partial charge in [-0.15, -0.1) is 11.3 Å². The average molecular weight is 277 g/mol. The van der Waals surface area contributed by atoms with Gasteiger partial charge in [-0.3, -0.25) is 0 Å². The number of ether oxygens (including phenoxy) is 1. The van der Waals surface area contributed by atoms with Crippen LogP contribution in [0.3, 0.4) is 0 Å². The summed E-state index contributed by atoms with van der Waals surface area (Å²) in [6.07, 6.45) is -0.615. The number of nitrogens with zero attached hydrogens (tertiary/aromatic N) is 1. The summed E-state index contributed by atoms with van der Waals surface area (Å²) in [4.78, 5) is 5.30. The van der Waals surface area contributed by atoms with E-state index in [0.29, 0.717) is 0 Å². The number of rotatable bonds is 3. The van der Waals surface area contributed by atoms with Gasteiger partial charge < -0.3 is 9.84 Å². The second kappa shape index (κ2) is 5.31. The van der Waals surface area contributed by atoms with Crippen LogP contribution in [-0.4, -0.2) is 17.2 Å². The maximum absolute atomic E-state index is 10.6. The Morgan fingerprint density at radius 3 is 2.37 bits per heavy atom. The van der Waals surface area contributed by atoms with E-state index in [9.17, 15) is 5.11 Å². The van der Waals surface area contributed by atoms with E-state index in [1.54, 1.807) is 18.4 Å². The molecular formula is C15H19NO2S. The van der Waals surface area contributed by atoms with E-state index in [0.717, 1.165) is 38.0 Å². The molecule has 0 amide bonds. The Morgan fingerprint density at radius 1 is 1.16 bits per heavy atom. The van der Waals surface area contributed by atoms with Gasteiger partial charge in [0.25, 0.3) is 0 Å². The lowest BCUT2D eigenvalue weighted by Gasteiger charge is -2.16. The zero-order chi connectivity index (χ0) is 14.2. The summed E-state index contributed by atoms with van der Waals surface area (Å²) in [6, 6.07) is 3.96. The second-order valence-electron chi connectivity index (χ2n) is 4.76. The Balaban J connectivity index is 2.47. The lowest BCUT2D eigenvalue weighted by atomic mass is 9.98. The van der Waals surface area contributed by atoms with Crippen molar-refractivity contribution >= 4 is 11.3 Å². The number of benzene rings is 1. The van der Waals surface area contributed by atoms with E-state index in [2.05, 4.69) is 4.98 Å². The Hall–Kier alpha value is -1.39. The van der Waals surface area contributed by atoms with Crippen molar-refractivity contribution in [3.8, 4) is 5.75 Å². The predicted molar refractivity (Wildman–Crippen MR) is 78.1 cm³/mol. The molecule has 1 aromatic heterocycles. The van der Waals surface area contributed by atoms with Gasteiger partial charge in [-0.1, -0.05) is 0 Å². The van der Waals surface area contributed by atoms with E-state index in [1.165, 1.54) is 0 Å². The fourth-order valence-electron chi connectivity index (χ4n) is 2.27.